The third kappa shape index (κ3) is 5.83. The molecule has 1 fully saturated rings. The van der Waals surface area contributed by atoms with E-state index in [1.807, 2.05) is 0 Å². The third-order valence-electron chi connectivity index (χ3n) is 4.07. The van der Waals surface area contributed by atoms with Crippen molar-refractivity contribution in [1.82, 2.24) is 10.6 Å². The van der Waals surface area contributed by atoms with Crippen molar-refractivity contribution in [2.24, 2.45) is 5.41 Å². The maximum absolute atomic E-state index is 13.0. The van der Waals surface area contributed by atoms with Crippen LogP contribution < -0.4 is 15.4 Å². The SMILES string of the molecule is CC(Oc1ccc(F)cc1Cl)C(=O)NCC1(C)CCNCC1.Cl. The summed E-state index contributed by atoms with van der Waals surface area (Å²) in [6.45, 7) is 6.40. The molecule has 0 aliphatic carbocycles. The maximum atomic E-state index is 13.0. The first-order chi connectivity index (χ1) is 10.4. The molecule has 130 valence electrons. The van der Waals surface area contributed by atoms with Gasteiger partial charge in [0.25, 0.3) is 5.91 Å². The summed E-state index contributed by atoms with van der Waals surface area (Å²) in [6, 6.07) is 3.84. The second kappa shape index (κ2) is 8.71. The largest absolute Gasteiger partial charge is 0.479 e. The Kier molecular flexibility index (Phi) is 7.58. The molecule has 1 heterocycles. The van der Waals surface area contributed by atoms with Crippen molar-refractivity contribution in [3.05, 3.63) is 29.0 Å². The molecule has 1 saturated heterocycles. The summed E-state index contributed by atoms with van der Waals surface area (Å²) >= 11 is 5.90. The molecular formula is C16H23Cl2FN2O2. The molecule has 1 amide bonds. The van der Waals surface area contributed by atoms with Crippen molar-refractivity contribution in [1.29, 1.82) is 0 Å². The van der Waals surface area contributed by atoms with E-state index in [1.54, 1.807) is 6.92 Å². The van der Waals surface area contributed by atoms with E-state index in [4.69, 9.17) is 16.3 Å². The molecule has 7 heteroatoms. The molecule has 0 saturated carbocycles. The van der Waals surface area contributed by atoms with Crippen LogP contribution in [0, 0.1) is 11.2 Å². The van der Waals surface area contributed by atoms with Crippen molar-refractivity contribution < 1.29 is 13.9 Å². The number of carbonyl (C=O) groups excluding carboxylic acids is 1. The zero-order valence-corrected chi connectivity index (χ0v) is 14.9. The average molecular weight is 365 g/mol. The average Bonchev–Trinajstić information content (AvgIpc) is 2.48. The molecule has 2 N–H and O–H groups in total. The van der Waals surface area contributed by atoms with Gasteiger partial charge in [0.15, 0.2) is 6.10 Å². The van der Waals surface area contributed by atoms with Crippen molar-refractivity contribution in [3.63, 3.8) is 0 Å². The predicted octanol–water partition coefficient (Wildman–Crippen LogP) is 3.17. The van der Waals surface area contributed by atoms with Crippen molar-refractivity contribution in [2.75, 3.05) is 19.6 Å². The highest BCUT2D eigenvalue weighted by atomic mass is 35.5. The van der Waals surface area contributed by atoms with E-state index in [0.717, 1.165) is 32.0 Å². The van der Waals surface area contributed by atoms with E-state index in [9.17, 15) is 9.18 Å². The van der Waals surface area contributed by atoms with Gasteiger partial charge < -0.3 is 15.4 Å². The molecule has 1 aromatic rings. The van der Waals surface area contributed by atoms with Gasteiger partial charge in [-0.3, -0.25) is 4.79 Å². The van der Waals surface area contributed by atoms with E-state index in [1.165, 1.54) is 12.1 Å². The van der Waals surface area contributed by atoms with Crippen LogP contribution in [-0.4, -0.2) is 31.6 Å². The first-order valence-electron chi connectivity index (χ1n) is 7.50. The molecule has 0 aromatic heterocycles. The molecule has 23 heavy (non-hydrogen) atoms. The van der Waals surface area contributed by atoms with Gasteiger partial charge in [-0.05, 0) is 56.5 Å². The van der Waals surface area contributed by atoms with E-state index in [-0.39, 0.29) is 28.8 Å². The Morgan fingerprint density at radius 3 is 2.74 bits per heavy atom. The quantitative estimate of drug-likeness (QED) is 0.843. The zero-order valence-electron chi connectivity index (χ0n) is 13.3. The first-order valence-corrected chi connectivity index (χ1v) is 7.88. The number of hydrogen-bond donors (Lipinski definition) is 2. The second-order valence-electron chi connectivity index (χ2n) is 6.11. The molecule has 1 aromatic carbocycles. The van der Waals surface area contributed by atoms with Crippen LogP contribution in [0.15, 0.2) is 18.2 Å². The van der Waals surface area contributed by atoms with Gasteiger partial charge in [0.1, 0.15) is 11.6 Å². The molecule has 0 radical (unpaired) electrons. The minimum absolute atomic E-state index is 0. The molecule has 4 nitrogen and oxygen atoms in total. The lowest BCUT2D eigenvalue weighted by atomic mass is 9.81. The van der Waals surface area contributed by atoms with Crippen LogP contribution >= 0.6 is 24.0 Å². The fourth-order valence-corrected chi connectivity index (χ4v) is 2.68. The van der Waals surface area contributed by atoms with E-state index in [0.29, 0.717) is 12.3 Å². The zero-order chi connectivity index (χ0) is 16.2. The Morgan fingerprint density at radius 1 is 1.48 bits per heavy atom. The number of amides is 1. The van der Waals surface area contributed by atoms with Crippen molar-refractivity contribution in [3.8, 4) is 5.75 Å². The summed E-state index contributed by atoms with van der Waals surface area (Å²) < 4.78 is 18.5. The molecule has 1 aliphatic heterocycles. The Labute approximate surface area is 147 Å². The fourth-order valence-electron chi connectivity index (χ4n) is 2.47. The Morgan fingerprint density at radius 2 is 2.13 bits per heavy atom. The minimum Gasteiger partial charge on any atom is -0.479 e. The normalized spacial score (nSPS) is 17.7. The summed E-state index contributed by atoms with van der Waals surface area (Å²) in [7, 11) is 0. The number of piperidine rings is 1. The van der Waals surface area contributed by atoms with Crippen LogP contribution in [0.25, 0.3) is 0 Å². The molecule has 2 rings (SSSR count). The summed E-state index contributed by atoms with van der Waals surface area (Å²) in [5, 5.41) is 6.40. The summed E-state index contributed by atoms with van der Waals surface area (Å²) in [6.07, 6.45) is 1.38. The van der Waals surface area contributed by atoms with Crippen LogP contribution in [0.3, 0.4) is 0 Å². The lowest BCUT2D eigenvalue weighted by Gasteiger charge is -2.34. The van der Waals surface area contributed by atoms with Gasteiger partial charge in [-0.2, -0.15) is 0 Å². The van der Waals surface area contributed by atoms with Gasteiger partial charge >= 0.3 is 0 Å². The van der Waals surface area contributed by atoms with Gasteiger partial charge in [-0.25, -0.2) is 4.39 Å². The van der Waals surface area contributed by atoms with Gasteiger partial charge in [0.05, 0.1) is 5.02 Å². The van der Waals surface area contributed by atoms with Crippen LogP contribution in [0.4, 0.5) is 4.39 Å². The monoisotopic (exact) mass is 364 g/mol. The smallest absolute Gasteiger partial charge is 0.260 e. The molecule has 0 bridgehead atoms. The van der Waals surface area contributed by atoms with Gasteiger partial charge in [-0.15, -0.1) is 12.4 Å². The predicted molar refractivity (Wildman–Crippen MR) is 92.0 cm³/mol. The second-order valence-corrected chi connectivity index (χ2v) is 6.52. The minimum atomic E-state index is -0.687. The summed E-state index contributed by atoms with van der Waals surface area (Å²) in [5.74, 6) is -0.327. The number of halogens is 3. The van der Waals surface area contributed by atoms with Crippen LogP contribution in [-0.2, 0) is 4.79 Å². The fraction of sp³-hybridized carbons (Fsp3) is 0.562. The number of benzene rings is 1. The van der Waals surface area contributed by atoms with Gasteiger partial charge in [0.2, 0.25) is 0 Å². The Hall–Kier alpha value is -1.04. The lowest BCUT2D eigenvalue weighted by molar-refractivity contribution is -0.127. The van der Waals surface area contributed by atoms with Crippen LogP contribution in [0.2, 0.25) is 5.02 Å². The highest BCUT2D eigenvalue weighted by molar-refractivity contribution is 6.32. The Bertz CT molecular complexity index is 537. The molecule has 1 aliphatic rings. The number of carbonyl (C=O) groups is 1. The maximum Gasteiger partial charge on any atom is 0.260 e. The number of ether oxygens (including phenoxy) is 1. The van der Waals surface area contributed by atoms with Crippen molar-refractivity contribution >= 4 is 29.9 Å². The third-order valence-corrected chi connectivity index (χ3v) is 4.36. The number of nitrogens with one attached hydrogen (secondary N) is 2. The first kappa shape index (κ1) is 20.0. The highest BCUT2D eigenvalue weighted by Gasteiger charge is 2.28. The van der Waals surface area contributed by atoms with Crippen LogP contribution in [0.5, 0.6) is 5.75 Å². The summed E-state index contributed by atoms with van der Waals surface area (Å²) in [5.41, 5.74) is 0.119. The van der Waals surface area contributed by atoms with E-state index in [2.05, 4.69) is 17.6 Å². The summed E-state index contributed by atoms with van der Waals surface area (Å²) in [4.78, 5) is 12.1. The van der Waals surface area contributed by atoms with E-state index < -0.39 is 11.9 Å². The van der Waals surface area contributed by atoms with Crippen molar-refractivity contribution in [2.45, 2.75) is 32.8 Å². The lowest BCUT2D eigenvalue weighted by Crippen LogP contribution is -2.45. The number of rotatable bonds is 5. The van der Waals surface area contributed by atoms with Gasteiger partial charge in [0, 0.05) is 6.54 Å². The molecular weight excluding hydrogens is 342 g/mol. The van der Waals surface area contributed by atoms with Gasteiger partial charge in [-0.1, -0.05) is 18.5 Å². The topological polar surface area (TPSA) is 50.4 Å². The molecule has 1 atom stereocenters. The Balaban J connectivity index is 0.00000264. The molecule has 0 spiro atoms. The standard InChI is InChI=1S/C16H22ClFN2O2.ClH/c1-11(22-14-4-3-12(18)9-13(14)17)15(21)20-10-16(2)5-7-19-8-6-16;/h3-4,9,11,19H,5-8,10H2,1-2H3,(H,20,21);1H. The number of hydrogen-bond acceptors (Lipinski definition) is 3. The van der Waals surface area contributed by atoms with Crippen LogP contribution in [0.1, 0.15) is 26.7 Å². The highest BCUT2D eigenvalue weighted by Crippen LogP contribution is 2.27. The molecule has 1 unspecified atom stereocenters. The van der Waals surface area contributed by atoms with E-state index >= 15 is 0 Å².